The van der Waals surface area contributed by atoms with Crippen molar-refractivity contribution in [1.82, 2.24) is 9.97 Å². The van der Waals surface area contributed by atoms with Gasteiger partial charge in [0.05, 0.1) is 0 Å². The summed E-state index contributed by atoms with van der Waals surface area (Å²) < 4.78 is 0.703. The van der Waals surface area contributed by atoms with Crippen LogP contribution in [-0.4, -0.2) is 9.97 Å². The molecule has 1 aromatic heterocycles. The predicted molar refractivity (Wildman–Crippen MR) is 69.4 cm³/mol. The van der Waals surface area contributed by atoms with E-state index in [1.165, 1.54) is 17.3 Å². The van der Waals surface area contributed by atoms with Crippen molar-refractivity contribution in [2.24, 2.45) is 0 Å². The number of hydrogen-bond donors (Lipinski definition) is 1. The first kappa shape index (κ1) is 11.4. The largest absolute Gasteiger partial charge is 0.384 e. The summed E-state index contributed by atoms with van der Waals surface area (Å²) in [7, 11) is 0. The molecule has 0 aliphatic rings. The molecule has 2 rings (SSSR count). The molecule has 0 amide bonds. The number of rotatable bonds is 2. The van der Waals surface area contributed by atoms with E-state index in [9.17, 15) is 0 Å². The highest BCUT2D eigenvalue weighted by Crippen LogP contribution is 2.26. The van der Waals surface area contributed by atoms with Crippen LogP contribution >= 0.6 is 27.7 Å². The highest BCUT2D eigenvalue weighted by atomic mass is 79.9. The van der Waals surface area contributed by atoms with Gasteiger partial charge < -0.3 is 5.73 Å². The summed E-state index contributed by atoms with van der Waals surface area (Å²) in [6.45, 7) is 2.06. The van der Waals surface area contributed by atoms with Gasteiger partial charge in [-0.2, -0.15) is 0 Å². The van der Waals surface area contributed by atoms with E-state index in [1.54, 1.807) is 6.07 Å². The molecular weight excluding hydrogens is 286 g/mol. The molecule has 1 heterocycles. The van der Waals surface area contributed by atoms with Gasteiger partial charge in [-0.15, -0.1) is 0 Å². The molecule has 0 atom stereocenters. The molecule has 5 heteroatoms. The second-order valence-electron chi connectivity index (χ2n) is 3.31. The molecule has 0 aliphatic carbocycles. The minimum Gasteiger partial charge on any atom is -0.384 e. The molecule has 2 N–H and O–H groups in total. The molecule has 0 saturated heterocycles. The third-order valence-electron chi connectivity index (χ3n) is 1.92. The van der Waals surface area contributed by atoms with Crippen LogP contribution in [-0.2, 0) is 0 Å². The zero-order valence-corrected chi connectivity index (χ0v) is 11.0. The summed E-state index contributed by atoms with van der Waals surface area (Å²) in [6, 6.07) is 9.88. The molecule has 82 valence electrons. The zero-order chi connectivity index (χ0) is 11.5. The van der Waals surface area contributed by atoms with Crippen molar-refractivity contribution in [3.05, 3.63) is 40.5 Å². The van der Waals surface area contributed by atoms with Gasteiger partial charge in [0.2, 0.25) is 0 Å². The Morgan fingerprint density at radius 1 is 1.19 bits per heavy atom. The van der Waals surface area contributed by atoms with Gasteiger partial charge in [0.15, 0.2) is 5.16 Å². The van der Waals surface area contributed by atoms with Crippen LogP contribution in [0.15, 0.2) is 45.0 Å². The number of aryl methyl sites for hydroxylation is 1. The first-order valence-corrected chi connectivity index (χ1v) is 6.29. The van der Waals surface area contributed by atoms with Gasteiger partial charge >= 0.3 is 0 Å². The Morgan fingerprint density at radius 3 is 2.50 bits per heavy atom. The lowest BCUT2D eigenvalue weighted by molar-refractivity contribution is 0.957. The lowest BCUT2D eigenvalue weighted by Gasteiger charge is -2.02. The molecule has 0 fully saturated rings. The number of nitrogens with zero attached hydrogens (tertiary/aromatic N) is 2. The third kappa shape index (κ3) is 2.96. The van der Waals surface area contributed by atoms with Crippen LogP contribution in [0.1, 0.15) is 5.56 Å². The Kier molecular flexibility index (Phi) is 3.46. The average Bonchev–Trinajstić information content (AvgIpc) is 2.20. The topological polar surface area (TPSA) is 51.8 Å². The van der Waals surface area contributed by atoms with Gasteiger partial charge in [0.1, 0.15) is 10.4 Å². The number of benzene rings is 1. The van der Waals surface area contributed by atoms with E-state index in [2.05, 4.69) is 45.0 Å². The van der Waals surface area contributed by atoms with Crippen molar-refractivity contribution in [2.75, 3.05) is 5.73 Å². The minimum atomic E-state index is 0.469. The van der Waals surface area contributed by atoms with Crippen LogP contribution in [0.3, 0.4) is 0 Å². The Balaban J connectivity index is 2.23. The van der Waals surface area contributed by atoms with Gasteiger partial charge in [-0.3, -0.25) is 0 Å². The summed E-state index contributed by atoms with van der Waals surface area (Å²) in [5.41, 5.74) is 6.88. The highest BCUT2D eigenvalue weighted by Gasteiger charge is 2.03. The maximum Gasteiger partial charge on any atom is 0.195 e. The SMILES string of the molecule is Cc1ccc(Sc2nc(N)cc(Br)n2)cc1. The van der Waals surface area contributed by atoms with Crippen molar-refractivity contribution < 1.29 is 0 Å². The Labute approximate surface area is 107 Å². The van der Waals surface area contributed by atoms with Crippen molar-refractivity contribution in [3.8, 4) is 0 Å². The molecule has 0 radical (unpaired) electrons. The molecule has 16 heavy (non-hydrogen) atoms. The van der Waals surface area contributed by atoms with Crippen molar-refractivity contribution in [3.63, 3.8) is 0 Å². The van der Waals surface area contributed by atoms with E-state index in [4.69, 9.17) is 5.73 Å². The Hall–Kier alpha value is -1.07. The van der Waals surface area contributed by atoms with E-state index < -0.39 is 0 Å². The lowest BCUT2D eigenvalue weighted by Crippen LogP contribution is -1.94. The highest BCUT2D eigenvalue weighted by molar-refractivity contribution is 9.10. The van der Waals surface area contributed by atoms with Gasteiger partial charge in [-0.1, -0.05) is 17.7 Å². The number of nitrogen functional groups attached to an aromatic ring is 1. The monoisotopic (exact) mass is 295 g/mol. The second-order valence-corrected chi connectivity index (χ2v) is 5.17. The van der Waals surface area contributed by atoms with Gasteiger partial charge in [-0.05, 0) is 46.7 Å². The molecule has 0 bridgehead atoms. The third-order valence-corrected chi connectivity index (χ3v) is 3.20. The summed E-state index contributed by atoms with van der Waals surface area (Å²) in [5.74, 6) is 0.469. The van der Waals surface area contributed by atoms with E-state index in [-0.39, 0.29) is 0 Å². The fraction of sp³-hybridized carbons (Fsp3) is 0.0909. The first-order valence-electron chi connectivity index (χ1n) is 4.68. The van der Waals surface area contributed by atoms with Crippen LogP contribution < -0.4 is 5.73 Å². The first-order chi connectivity index (χ1) is 7.63. The minimum absolute atomic E-state index is 0.469. The maximum atomic E-state index is 5.64. The smallest absolute Gasteiger partial charge is 0.195 e. The number of halogens is 1. The molecule has 0 aliphatic heterocycles. The molecule has 1 aromatic carbocycles. The van der Waals surface area contributed by atoms with Crippen molar-refractivity contribution in [1.29, 1.82) is 0 Å². The molecule has 0 saturated carbocycles. The van der Waals surface area contributed by atoms with Crippen LogP contribution in [0, 0.1) is 6.92 Å². The average molecular weight is 296 g/mol. The number of nitrogens with two attached hydrogens (primary N) is 1. The van der Waals surface area contributed by atoms with E-state index >= 15 is 0 Å². The molecule has 0 spiro atoms. The summed E-state index contributed by atoms with van der Waals surface area (Å²) in [5, 5.41) is 0.649. The van der Waals surface area contributed by atoms with Crippen LogP contribution in [0.2, 0.25) is 0 Å². The second kappa shape index (κ2) is 4.84. The number of aromatic nitrogens is 2. The lowest BCUT2D eigenvalue weighted by atomic mass is 10.2. The number of hydrogen-bond acceptors (Lipinski definition) is 4. The van der Waals surface area contributed by atoms with E-state index in [1.807, 2.05) is 12.1 Å². The number of anilines is 1. The molecule has 3 nitrogen and oxygen atoms in total. The van der Waals surface area contributed by atoms with E-state index in [0.717, 1.165) is 4.90 Å². The summed E-state index contributed by atoms with van der Waals surface area (Å²) in [4.78, 5) is 9.49. The van der Waals surface area contributed by atoms with Crippen molar-refractivity contribution >= 4 is 33.5 Å². The molecular formula is C11H10BrN3S. The predicted octanol–water partition coefficient (Wildman–Crippen LogP) is 3.28. The Morgan fingerprint density at radius 2 is 1.88 bits per heavy atom. The van der Waals surface area contributed by atoms with Crippen LogP contribution in [0.25, 0.3) is 0 Å². The van der Waals surface area contributed by atoms with E-state index in [0.29, 0.717) is 15.6 Å². The van der Waals surface area contributed by atoms with Crippen LogP contribution in [0.4, 0.5) is 5.82 Å². The van der Waals surface area contributed by atoms with Gasteiger partial charge in [0, 0.05) is 11.0 Å². The van der Waals surface area contributed by atoms with Crippen molar-refractivity contribution in [2.45, 2.75) is 17.0 Å². The quantitative estimate of drug-likeness (QED) is 0.682. The van der Waals surface area contributed by atoms with Gasteiger partial charge in [-0.25, -0.2) is 9.97 Å². The van der Waals surface area contributed by atoms with Crippen LogP contribution in [0.5, 0.6) is 0 Å². The standard InChI is InChI=1S/C11H10BrN3S/c1-7-2-4-8(5-3-7)16-11-14-9(12)6-10(13)15-11/h2-6H,1H3,(H2,13,14,15). The Bertz CT molecular complexity index is 479. The fourth-order valence-corrected chi connectivity index (χ4v) is 2.47. The maximum absolute atomic E-state index is 5.64. The summed E-state index contributed by atoms with van der Waals surface area (Å²) in [6.07, 6.45) is 0. The van der Waals surface area contributed by atoms with Gasteiger partial charge in [0.25, 0.3) is 0 Å². The normalized spacial score (nSPS) is 10.4. The molecule has 2 aromatic rings. The molecule has 0 unspecified atom stereocenters. The summed E-state index contributed by atoms with van der Waals surface area (Å²) >= 11 is 4.79. The zero-order valence-electron chi connectivity index (χ0n) is 8.64. The fourth-order valence-electron chi connectivity index (χ4n) is 1.17.